The van der Waals surface area contributed by atoms with E-state index < -0.39 is 15.9 Å². The Morgan fingerprint density at radius 2 is 1.82 bits per heavy atom. The first-order valence-electron chi connectivity index (χ1n) is 4.82. The smallest absolute Gasteiger partial charge is 0.294 e. The molecule has 0 aromatic heterocycles. The molecular weight excluding hydrogens is 244 g/mol. The molecule has 6 heteroatoms. The Hall–Kier alpha value is -1.53. The number of benzene rings is 1. The summed E-state index contributed by atoms with van der Waals surface area (Å²) in [5.74, 6) is -0.768. The lowest BCUT2D eigenvalue weighted by molar-refractivity contribution is -0.116. The van der Waals surface area contributed by atoms with Crippen LogP contribution in [0.15, 0.2) is 23.1 Å². The van der Waals surface area contributed by atoms with Gasteiger partial charge < -0.3 is 0 Å². The van der Waals surface area contributed by atoms with Crippen LogP contribution in [0.3, 0.4) is 0 Å². The van der Waals surface area contributed by atoms with Crippen molar-refractivity contribution in [1.29, 1.82) is 0 Å². The highest BCUT2D eigenvalue weighted by Gasteiger charge is 2.15. The van der Waals surface area contributed by atoms with Crippen molar-refractivity contribution >= 4 is 21.7 Å². The van der Waals surface area contributed by atoms with E-state index in [0.717, 1.165) is 6.07 Å². The molecule has 0 aliphatic carbocycles. The summed E-state index contributed by atoms with van der Waals surface area (Å²) in [6.07, 6.45) is -0.283. The van der Waals surface area contributed by atoms with E-state index in [0.29, 0.717) is 5.56 Å². The Morgan fingerprint density at radius 1 is 1.24 bits per heavy atom. The van der Waals surface area contributed by atoms with Crippen LogP contribution in [0.5, 0.6) is 0 Å². The Kier molecular flexibility index (Phi) is 3.79. The lowest BCUT2D eigenvalue weighted by Gasteiger charge is -2.04. The molecule has 1 N–H and O–H groups in total. The number of Topliss-reactive ketones (excluding diaryl/α,β-unsaturated/α-hetero) is 2. The average Bonchev–Trinajstić information content (AvgIpc) is 2.14. The van der Waals surface area contributed by atoms with E-state index in [1.54, 1.807) is 6.92 Å². The lowest BCUT2D eigenvalue weighted by Crippen LogP contribution is -2.07. The number of rotatable bonds is 4. The molecule has 0 saturated heterocycles. The highest BCUT2D eigenvalue weighted by molar-refractivity contribution is 7.85. The molecule has 0 fully saturated rings. The minimum absolute atomic E-state index is 0.104. The number of hydrogen-bond acceptors (Lipinski definition) is 4. The van der Waals surface area contributed by atoms with E-state index in [1.165, 1.54) is 19.1 Å². The highest BCUT2D eigenvalue weighted by Crippen LogP contribution is 2.16. The van der Waals surface area contributed by atoms with Crippen LogP contribution in [0.4, 0.5) is 0 Å². The van der Waals surface area contributed by atoms with Gasteiger partial charge in [0.15, 0.2) is 5.78 Å². The van der Waals surface area contributed by atoms with E-state index >= 15 is 0 Å². The fourth-order valence-electron chi connectivity index (χ4n) is 1.39. The number of ketones is 2. The van der Waals surface area contributed by atoms with Gasteiger partial charge >= 0.3 is 0 Å². The third-order valence-corrected chi connectivity index (χ3v) is 2.91. The van der Waals surface area contributed by atoms with Gasteiger partial charge in [0.05, 0.1) is 11.3 Å². The van der Waals surface area contributed by atoms with E-state index in [9.17, 15) is 18.0 Å². The zero-order chi connectivity index (χ0) is 13.2. The van der Waals surface area contributed by atoms with E-state index in [4.69, 9.17) is 4.55 Å². The molecule has 17 heavy (non-hydrogen) atoms. The summed E-state index contributed by atoms with van der Waals surface area (Å²) in [4.78, 5) is 22.1. The molecule has 0 bridgehead atoms. The Morgan fingerprint density at radius 3 is 2.29 bits per heavy atom. The van der Waals surface area contributed by atoms with Crippen molar-refractivity contribution in [3.63, 3.8) is 0 Å². The minimum Gasteiger partial charge on any atom is -0.300 e. The maximum atomic E-state index is 11.6. The fraction of sp³-hybridized carbons (Fsp3) is 0.273. The molecular formula is C11H12O5S. The number of carbonyl (C=O) groups excluding carboxylic acids is 2. The molecule has 0 unspecified atom stereocenters. The third kappa shape index (κ3) is 3.76. The van der Waals surface area contributed by atoms with Crippen LogP contribution in [0.1, 0.15) is 29.3 Å². The number of aryl methyl sites for hydroxylation is 1. The van der Waals surface area contributed by atoms with Crippen LogP contribution >= 0.6 is 0 Å². The second-order valence-corrected chi connectivity index (χ2v) is 5.23. The van der Waals surface area contributed by atoms with Gasteiger partial charge in [-0.05, 0) is 37.6 Å². The second-order valence-electron chi connectivity index (χ2n) is 3.81. The highest BCUT2D eigenvalue weighted by atomic mass is 32.2. The van der Waals surface area contributed by atoms with Gasteiger partial charge in [-0.15, -0.1) is 0 Å². The molecule has 0 spiro atoms. The summed E-state index contributed by atoms with van der Waals surface area (Å²) in [7, 11) is -4.35. The molecule has 1 aromatic rings. The molecule has 0 aliphatic rings. The topological polar surface area (TPSA) is 88.5 Å². The number of hydrogen-bond donors (Lipinski definition) is 1. The van der Waals surface area contributed by atoms with Crippen LogP contribution in [-0.2, 0) is 14.9 Å². The third-order valence-electron chi connectivity index (χ3n) is 2.08. The number of carbonyl (C=O) groups is 2. The standard InChI is InChI=1S/C11H12O5S/c1-7-3-9(11(13)5-8(2)12)6-10(4-7)17(14,15)16/h3-4,6H,5H2,1-2H3,(H,14,15,16). The second kappa shape index (κ2) is 4.77. The van der Waals surface area contributed by atoms with Gasteiger partial charge in [0.25, 0.3) is 10.1 Å². The van der Waals surface area contributed by atoms with Gasteiger partial charge in [0.1, 0.15) is 5.78 Å². The van der Waals surface area contributed by atoms with Crippen molar-refractivity contribution in [2.24, 2.45) is 0 Å². The lowest BCUT2D eigenvalue weighted by atomic mass is 10.0. The normalized spacial score (nSPS) is 11.2. The predicted molar refractivity (Wildman–Crippen MR) is 60.6 cm³/mol. The first kappa shape index (κ1) is 13.5. The molecule has 5 nitrogen and oxygen atoms in total. The van der Waals surface area contributed by atoms with Crippen molar-refractivity contribution < 1.29 is 22.6 Å². The van der Waals surface area contributed by atoms with Crippen molar-refractivity contribution in [2.75, 3.05) is 0 Å². The summed E-state index contributed by atoms with van der Waals surface area (Å²) in [6, 6.07) is 3.79. The zero-order valence-corrected chi connectivity index (χ0v) is 10.2. The van der Waals surface area contributed by atoms with Crippen molar-refractivity contribution in [1.82, 2.24) is 0 Å². The molecule has 0 heterocycles. The largest absolute Gasteiger partial charge is 0.300 e. The molecule has 0 atom stereocenters. The molecule has 0 aliphatic heterocycles. The van der Waals surface area contributed by atoms with E-state index in [2.05, 4.69) is 0 Å². The van der Waals surface area contributed by atoms with Gasteiger partial charge in [0, 0.05) is 5.56 Å². The Labute approximate surface area is 99.2 Å². The first-order chi connectivity index (χ1) is 7.70. The molecule has 0 radical (unpaired) electrons. The fourth-order valence-corrected chi connectivity index (χ4v) is 2.00. The molecule has 1 rings (SSSR count). The van der Waals surface area contributed by atoms with Crippen molar-refractivity contribution in [2.45, 2.75) is 25.2 Å². The molecule has 92 valence electrons. The summed E-state index contributed by atoms with van der Waals surface area (Å²) in [6.45, 7) is 2.87. The molecule has 0 amide bonds. The van der Waals surface area contributed by atoms with Gasteiger partial charge in [-0.2, -0.15) is 8.42 Å². The SMILES string of the molecule is CC(=O)CC(=O)c1cc(C)cc(S(=O)(=O)O)c1. The maximum Gasteiger partial charge on any atom is 0.294 e. The van der Waals surface area contributed by atoms with Gasteiger partial charge in [0.2, 0.25) is 0 Å². The summed E-state index contributed by atoms with van der Waals surface area (Å²) in [5, 5.41) is 0. The summed E-state index contributed by atoms with van der Waals surface area (Å²) < 4.78 is 30.8. The quantitative estimate of drug-likeness (QED) is 0.499. The van der Waals surface area contributed by atoms with Crippen LogP contribution in [0, 0.1) is 6.92 Å². The molecule has 1 aromatic carbocycles. The Balaban J connectivity index is 3.23. The average molecular weight is 256 g/mol. The van der Waals surface area contributed by atoms with E-state index in [1.807, 2.05) is 0 Å². The maximum absolute atomic E-state index is 11.6. The van der Waals surface area contributed by atoms with Crippen LogP contribution in [0.25, 0.3) is 0 Å². The van der Waals surface area contributed by atoms with Gasteiger partial charge in [-0.1, -0.05) is 0 Å². The van der Waals surface area contributed by atoms with Gasteiger partial charge in [-0.3, -0.25) is 14.1 Å². The van der Waals surface area contributed by atoms with E-state index in [-0.39, 0.29) is 22.7 Å². The monoisotopic (exact) mass is 256 g/mol. The van der Waals surface area contributed by atoms with Crippen molar-refractivity contribution in [3.8, 4) is 0 Å². The van der Waals surface area contributed by atoms with Gasteiger partial charge in [-0.25, -0.2) is 0 Å². The van der Waals surface area contributed by atoms with Crippen LogP contribution < -0.4 is 0 Å². The predicted octanol–water partition coefficient (Wildman–Crippen LogP) is 1.40. The molecule has 0 saturated carbocycles. The van der Waals surface area contributed by atoms with Crippen LogP contribution in [-0.4, -0.2) is 24.5 Å². The summed E-state index contributed by atoms with van der Waals surface area (Å²) >= 11 is 0. The van der Waals surface area contributed by atoms with Crippen molar-refractivity contribution in [3.05, 3.63) is 29.3 Å². The van der Waals surface area contributed by atoms with Crippen LogP contribution in [0.2, 0.25) is 0 Å². The Bertz CT molecular complexity index is 572. The summed E-state index contributed by atoms with van der Waals surface area (Å²) in [5.41, 5.74) is 0.625. The minimum atomic E-state index is -4.35. The zero-order valence-electron chi connectivity index (χ0n) is 9.43. The first-order valence-corrected chi connectivity index (χ1v) is 6.26.